The minimum Gasteiger partial charge on any atom is -0.490 e. The van der Waals surface area contributed by atoms with E-state index < -0.39 is 4.92 Å². The van der Waals surface area contributed by atoms with Gasteiger partial charge >= 0.3 is 0 Å². The highest BCUT2D eigenvalue weighted by Crippen LogP contribution is 2.22. The summed E-state index contributed by atoms with van der Waals surface area (Å²) in [5, 5.41) is 11.3. The van der Waals surface area contributed by atoms with E-state index in [4.69, 9.17) is 21.1 Å². The van der Waals surface area contributed by atoms with Gasteiger partial charge in [0.2, 0.25) is 0 Å². The van der Waals surface area contributed by atoms with Crippen LogP contribution in [0.3, 0.4) is 0 Å². The summed E-state index contributed by atoms with van der Waals surface area (Å²) in [5.74, 6) is 0.924. The van der Waals surface area contributed by atoms with Gasteiger partial charge < -0.3 is 9.47 Å². The fourth-order valence-corrected chi connectivity index (χ4v) is 1.84. The molecule has 7 heteroatoms. The summed E-state index contributed by atoms with van der Waals surface area (Å²) in [4.78, 5) is 21.0. The van der Waals surface area contributed by atoms with E-state index in [1.165, 1.54) is 18.2 Å². The lowest BCUT2D eigenvalue weighted by Crippen LogP contribution is -2.10. The minimum absolute atomic E-state index is 0.126. The Morgan fingerprint density at radius 1 is 1.09 bits per heavy atom. The van der Waals surface area contributed by atoms with Crippen molar-refractivity contribution in [2.75, 3.05) is 13.2 Å². The Morgan fingerprint density at radius 3 is 2.41 bits per heavy atom. The fourth-order valence-electron chi connectivity index (χ4n) is 1.71. The van der Waals surface area contributed by atoms with Gasteiger partial charge in [0.25, 0.3) is 5.69 Å². The van der Waals surface area contributed by atoms with Crippen molar-refractivity contribution >= 4 is 23.6 Å². The Kier molecular flexibility index (Phi) is 5.32. The second-order valence-corrected chi connectivity index (χ2v) is 4.68. The molecule has 0 heterocycles. The second-order valence-electron chi connectivity index (χ2n) is 4.25. The number of hydrogen-bond acceptors (Lipinski definition) is 5. The summed E-state index contributed by atoms with van der Waals surface area (Å²) in [6.45, 7) is 0.457. The lowest BCUT2D eigenvalue weighted by Gasteiger charge is -2.09. The molecule has 0 aliphatic carbocycles. The van der Waals surface area contributed by atoms with Crippen molar-refractivity contribution in [1.82, 2.24) is 0 Å². The third kappa shape index (κ3) is 4.20. The molecule has 0 aromatic heterocycles. The predicted molar refractivity (Wildman–Crippen MR) is 80.9 cm³/mol. The molecule has 0 radical (unpaired) electrons. The van der Waals surface area contributed by atoms with Crippen molar-refractivity contribution < 1.29 is 19.2 Å². The molecule has 6 nitrogen and oxygen atoms in total. The number of nitrogens with zero attached hydrogens (tertiary/aromatic N) is 1. The monoisotopic (exact) mass is 321 g/mol. The van der Waals surface area contributed by atoms with Crippen LogP contribution >= 0.6 is 11.6 Å². The Hall–Kier alpha value is -2.60. The predicted octanol–water partition coefficient (Wildman–Crippen LogP) is 3.52. The molecule has 0 N–H and O–H groups in total. The molecule has 0 amide bonds. The summed E-state index contributed by atoms with van der Waals surface area (Å²) < 4.78 is 10.8. The van der Waals surface area contributed by atoms with Crippen molar-refractivity contribution in [3.05, 3.63) is 63.2 Å². The van der Waals surface area contributed by atoms with E-state index in [1.807, 2.05) is 0 Å². The molecule has 0 saturated heterocycles. The lowest BCUT2D eigenvalue weighted by molar-refractivity contribution is -0.384. The van der Waals surface area contributed by atoms with Crippen LogP contribution in [0.2, 0.25) is 5.02 Å². The van der Waals surface area contributed by atoms with Gasteiger partial charge in [-0.3, -0.25) is 14.9 Å². The first-order valence-corrected chi connectivity index (χ1v) is 6.73. The molecule has 0 unspecified atom stereocenters. The van der Waals surface area contributed by atoms with Crippen LogP contribution in [0, 0.1) is 10.1 Å². The first-order valence-electron chi connectivity index (χ1n) is 6.35. The summed E-state index contributed by atoms with van der Waals surface area (Å²) in [5.41, 5.74) is -0.0347. The molecule has 0 aliphatic rings. The first kappa shape index (κ1) is 15.8. The van der Waals surface area contributed by atoms with Crippen molar-refractivity contribution in [2.45, 2.75) is 0 Å². The highest BCUT2D eigenvalue weighted by atomic mass is 35.5. The van der Waals surface area contributed by atoms with Crippen LogP contribution in [0.1, 0.15) is 10.4 Å². The van der Waals surface area contributed by atoms with Gasteiger partial charge in [-0.15, -0.1) is 0 Å². The Balaban J connectivity index is 1.90. The lowest BCUT2D eigenvalue weighted by atomic mass is 10.2. The van der Waals surface area contributed by atoms with Crippen LogP contribution in [0.5, 0.6) is 11.5 Å². The largest absolute Gasteiger partial charge is 0.490 e. The number of hydrogen-bond donors (Lipinski definition) is 0. The third-order valence-corrected chi connectivity index (χ3v) is 3.01. The van der Waals surface area contributed by atoms with E-state index in [-0.39, 0.29) is 30.2 Å². The molecule has 0 spiro atoms. The average molecular weight is 322 g/mol. The molecule has 0 bridgehead atoms. The molecule has 2 aromatic rings. The van der Waals surface area contributed by atoms with Crippen LogP contribution in [0.25, 0.3) is 0 Å². The van der Waals surface area contributed by atoms with Crippen molar-refractivity contribution in [3.63, 3.8) is 0 Å². The van der Waals surface area contributed by atoms with Gasteiger partial charge in [-0.25, -0.2) is 0 Å². The smallest absolute Gasteiger partial charge is 0.270 e. The number of nitro benzene ring substituents is 1. The van der Waals surface area contributed by atoms with Gasteiger partial charge in [0, 0.05) is 17.2 Å². The number of non-ortho nitro benzene ring substituents is 1. The maximum atomic E-state index is 10.9. The van der Waals surface area contributed by atoms with Crippen LogP contribution in [-0.2, 0) is 0 Å². The van der Waals surface area contributed by atoms with E-state index in [0.717, 1.165) is 0 Å². The molecule has 0 atom stereocenters. The van der Waals surface area contributed by atoms with Gasteiger partial charge in [0.05, 0.1) is 10.5 Å². The summed E-state index contributed by atoms with van der Waals surface area (Å²) >= 11 is 5.76. The van der Waals surface area contributed by atoms with Gasteiger partial charge in [-0.05, 0) is 30.3 Å². The minimum atomic E-state index is -0.569. The third-order valence-electron chi connectivity index (χ3n) is 2.75. The van der Waals surface area contributed by atoms with Gasteiger partial charge in [-0.1, -0.05) is 11.6 Å². The molecular weight excluding hydrogens is 310 g/mol. The standard InChI is InChI=1S/C15H12ClNO5/c16-12-1-4-14(5-2-12)21-7-8-22-15-6-3-13(17(19)20)9-11(15)10-18/h1-6,9-10H,7-8H2. The fraction of sp³-hybridized carbons (Fsp3) is 0.133. The van der Waals surface area contributed by atoms with E-state index in [1.54, 1.807) is 24.3 Å². The highest BCUT2D eigenvalue weighted by Gasteiger charge is 2.11. The molecule has 114 valence electrons. The second kappa shape index (κ2) is 7.42. The maximum absolute atomic E-state index is 10.9. The number of carbonyl (C=O) groups is 1. The zero-order valence-corrected chi connectivity index (χ0v) is 12.2. The average Bonchev–Trinajstić information content (AvgIpc) is 2.53. The molecule has 2 rings (SSSR count). The summed E-state index contributed by atoms with van der Waals surface area (Å²) in [6.07, 6.45) is 0.516. The summed E-state index contributed by atoms with van der Waals surface area (Å²) in [7, 11) is 0. The highest BCUT2D eigenvalue weighted by molar-refractivity contribution is 6.30. The normalized spacial score (nSPS) is 10.0. The Morgan fingerprint density at radius 2 is 1.77 bits per heavy atom. The van der Waals surface area contributed by atoms with Gasteiger partial charge in [0.15, 0.2) is 6.29 Å². The Labute approximate surface area is 131 Å². The molecule has 0 saturated carbocycles. The molecule has 0 aliphatic heterocycles. The SMILES string of the molecule is O=Cc1cc([N+](=O)[O-])ccc1OCCOc1ccc(Cl)cc1. The molecule has 22 heavy (non-hydrogen) atoms. The number of aldehydes is 1. The van der Waals surface area contributed by atoms with E-state index in [2.05, 4.69) is 0 Å². The topological polar surface area (TPSA) is 78.7 Å². The number of carbonyl (C=O) groups excluding carboxylic acids is 1. The van der Waals surface area contributed by atoms with Crippen molar-refractivity contribution in [1.29, 1.82) is 0 Å². The summed E-state index contributed by atoms with van der Waals surface area (Å²) in [6, 6.07) is 10.7. The van der Waals surface area contributed by atoms with Crippen LogP contribution in [-0.4, -0.2) is 24.4 Å². The van der Waals surface area contributed by atoms with Crippen molar-refractivity contribution in [3.8, 4) is 11.5 Å². The number of nitro groups is 1. The molecule has 2 aromatic carbocycles. The maximum Gasteiger partial charge on any atom is 0.270 e. The van der Waals surface area contributed by atoms with Crippen LogP contribution in [0.15, 0.2) is 42.5 Å². The quantitative estimate of drug-likeness (QED) is 0.337. The van der Waals surface area contributed by atoms with Crippen LogP contribution < -0.4 is 9.47 Å². The number of benzene rings is 2. The molecule has 0 fully saturated rings. The number of ether oxygens (including phenoxy) is 2. The first-order chi connectivity index (χ1) is 10.6. The van der Waals surface area contributed by atoms with E-state index >= 15 is 0 Å². The number of rotatable bonds is 7. The zero-order valence-electron chi connectivity index (χ0n) is 11.4. The van der Waals surface area contributed by atoms with E-state index in [0.29, 0.717) is 17.1 Å². The number of halogens is 1. The Bertz CT molecular complexity index is 672. The molecular formula is C15H12ClNO5. The van der Waals surface area contributed by atoms with Gasteiger partial charge in [-0.2, -0.15) is 0 Å². The zero-order chi connectivity index (χ0) is 15.9. The van der Waals surface area contributed by atoms with E-state index in [9.17, 15) is 14.9 Å². The van der Waals surface area contributed by atoms with Crippen molar-refractivity contribution in [2.24, 2.45) is 0 Å². The van der Waals surface area contributed by atoms with Crippen LogP contribution in [0.4, 0.5) is 5.69 Å². The van der Waals surface area contributed by atoms with Gasteiger partial charge in [0.1, 0.15) is 24.7 Å².